The van der Waals surface area contributed by atoms with Crippen molar-refractivity contribution in [2.24, 2.45) is 0 Å². The summed E-state index contributed by atoms with van der Waals surface area (Å²) in [5.41, 5.74) is 12.7. The lowest BCUT2D eigenvalue weighted by Gasteiger charge is -2.15. The Balaban J connectivity index is 1.11. The van der Waals surface area contributed by atoms with Crippen LogP contribution in [0.15, 0.2) is 192 Å². The third kappa shape index (κ3) is 5.30. The van der Waals surface area contributed by atoms with Gasteiger partial charge in [-0.1, -0.05) is 133 Å². The molecule has 4 aromatic heterocycles. The Hall–Kier alpha value is -8.16. The first-order chi connectivity index (χ1) is 29.7. The fraction of sp³-hybridized carbons (Fsp3) is 0.0189. The zero-order chi connectivity index (χ0) is 39.7. The summed E-state index contributed by atoms with van der Waals surface area (Å²) in [4.78, 5) is 20.0. The van der Waals surface area contributed by atoms with Crippen LogP contribution >= 0.6 is 0 Å². The Bertz CT molecular complexity index is 3550. The second-order valence-electron chi connectivity index (χ2n) is 15.1. The summed E-state index contributed by atoms with van der Waals surface area (Å²) < 4.78 is 11.5. The minimum absolute atomic E-state index is 0.596. The second kappa shape index (κ2) is 13.5. The van der Waals surface area contributed by atoms with E-state index >= 15 is 0 Å². The zero-order valence-electron chi connectivity index (χ0n) is 32.5. The fourth-order valence-corrected chi connectivity index (χ4v) is 8.80. The van der Waals surface area contributed by atoms with Gasteiger partial charge in [0.2, 0.25) is 5.89 Å². The first-order valence-electron chi connectivity index (χ1n) is 20.1. The lowest BCUT2D eigenvalue weighted by Crippen LogP contribution is -2.02. The van der Waals surface area contributed by atoms with Crippen molar-refractivity contribution in [1.29, 1.82) is 0 Å². The van der Waals surface area contributed by atoms with E-state index in [0.717, 1.165) is 88.5 Å². The summed E-state index contributed by atoms with van der Waals surface area (Å²) >= 11 is 0. The van der Waals surface area contributed by atoms with Crippen molar-refractivity contribution in [3.63, 3.8) is 0 Å². The number of aryl methyl sites for hydroxylation is 1. The van der Waals surface area contributed by atoms with E-state index in [1.165, 1.54) is 5.39 Å². The fourth-order valence-electron chi connectivity index (χ4n) is 8.80. The molecule has 8 aromatic carbocycles. The van der Waals surface area contributed by atoms with Gasteiger partial charge in [0.25, 0.3) is 0 Å². The highest BCUT2D eigenvalue weighted by Crippen LogP contribution is 2.43. The molecule has 0 saturated heterocycles. The Labute approximate surface area is 344 Å². The molecule has 0 unspecified atom stereocenters. The molecule has 4 heterocycles. The number of hydrogen-bond acceptors (Lipinski definition) is 5. The van der Waals surface area contributed by atoms with Gasteiger partial charge in [0.15, 0.2) is 23.1 Å². The molecular weight excluding hydrogens is 737 g/mol. The van der Waals surface area contributed by atoms with Crippen molar-refractivity contribution in [1.82, 2.24) is 29.1 Å². The third-order valence-corrected chi connectivity index (χ3v) is 11.5. The van der Waals surface area contributed by atoms with E-state index in [-0.39, 0.29) is 0 Å². The highest BCUT2D eigenvalue weighted by molar-refractivity contribution is 6.24. The number of para-hydroxylation sites is 3. The molecular formula is C53H34N6O. The van der Waals surface area contributed by atoms with Gasteiger partial charge >= 0.3 is 0 Å². The average Bonchev–Trinajstić information content (AvgIpc) is 4.00. The van der Waals surface area contributed by atoms with Gasteiger partial charge in [0, 0.05) is 49.5 Å². The normalized spacial score (nSPS) is 11.8. The molecule has 282 valence electrons. The molecule has 0 aliphatic heterocycles. The van der Waals surface area contributed by atoms with Gasteiger partial charge in [-0.15, -0.1) is 0 Å². The number of benzene rings is 8. The van der Waals surface area contributed by atoms with Gasteiger partial charge in [0.1, 0.15) is 5.52 Å². The lowest BCUT2D eigenvalue weighted by atomic mass is 10.1. The van der Waals surface area contributed by atoms with Crippen molar-refractivity contribution in [2.75, 3.05) is 0 Å². The van der Waals surface area contributed by atoms with Gasteiger partial charge < -0.3 is 13.6 Å². The van der Waals surface area contributed by atoms with E-state index in [0.29, 0.717) is 23.4 Å². The van der Waals surface area contributed by atoms with Crippen LogP contribution in [0.25, 0.3) is 112 Å². The van der Waals surface area contributed by atoms with Crippen LogP contribution in [0.2, 0.25) is 0 Å². The molecule has 0 spiro atoms. The van der Waals surface area contributed by atoms with Crippen LogP contribution in [0.5, 0.6) is 0 Å². The molecule has 0 aliphatic carbocycles. The van der Waals surface area contributed by atoms with Crippen LogP contribution in [-0.2, 0) is 0 Å². The zero-order valence-corrected chi connectivity index (χ0v) is 32.5. The smallest absolute Gasteiger partial charge is 0.227 e. The van der Waals surface area contributed by atoms with E-state index < -0.39 is 0 Å². The second-order valence-corrected chi connectivity index (χ2v) is 15.1. The maximum absolute atomic E-state index is 6.68. The number of oxazole rings is 1. The van der Waals surface area contributed by atoms with Gasteiger partial charge in [-0.05, 0) is 67.1 Å². The Morgan fingerprint density at radius 2 is 0.950 bits per heavy atom. The van der Waals surface area contributed by atoms with Crippen LogP contribution < -0.4 is 0 Å². The van der Waals surface area contributed by atoms with E-state index in [9.17, 15) is 0 Å². The summed E-state index contributed by atoms with van der Waals surface area (Å²) in [5, 5.41) is 4.66. The van der Waals surface area contributed by atoms with Crippen molar-refractivity contribution >= 4 is 54.7 Å². The SMILES string of the molecule is Cc1cc(-n2c3ccccc3c3ccc4c5ccccc5n(-c5cccc6nc(-c7ccccc7)oc56)c4c32)ccc1-c1nc(-c2ccccc2)nc(-c2ccccc2)n1. The predicted octanol–water partition coefficient (Wildman–Crippen LogP) is 13.2. The predicted molar refractivity (Wildman–Crippen MR) is 243 cm³/mol. The Kier molecular flexibility index (Phi) is 7.62. The molecule has 0 amide bonds. The summed E-state index contributed by atoms with van der Waals surface area (Å²) in [5.74, 6) is 2.50. The maximum atomic E-state index is 6.68. The average molecular weight is 771 g/mol. The number of aromatic nitrogens is 6. The van der Waals surface area contributed by atoms with Gasteiger partial charge in [-0.25, -0.2) is 19.9 Å². The van der Waals surface area contributed by atoms with Crippen LogP contribution in [0.1, 0.15) is 5.56 Å². The first kappa shape index (κ1) is 33.9. The molecule has 0 N–H and O–H groups in total. The molecule has 7 nitrogen and oxygen atoms in total. The topological polar surface area (TPSA) is 74.6 Å². The Morgan fingerprint density at radius 1 is 0.417 bits per heavy atom. The van der Waals surface area contributed by atoms with Crippen LogP contribution in [-0.4, -0.2) is 29.1 Å². The van der Waals surface area contributed by atoms with Gasteiger partial charge in [0.05, 0.1) is 27.8 Å². The van der Waals surface area contributed by atoms with E-state index in [2.05, 4.69) is 107 Å². The lowest BCUT2D eigenvalue weighted by molar-refractivity contribution is 0.618. The molecule has 60 heavy (non-hydrogen) atoms. The molecule has 0 fully saturated rings. The quantitative estimate of drug-likeness (QED) is 0.168. The van der Waals surface area contributed by atoms with Crippen molar-refractivity contribution in [2.45, 2.75) is 6.92 Å². The Morgan fingerprint density at radius 3 is 1.57 bits per heavy atom. The highest BCUT2D eigenvalue weighted by Gasteiger charge is 2.24. The van der Waals surface area contributed by atoms with E-state index in [1.54, 1.807) is 0 Å². The van der Waals surface area contributed by atoms with Crippen molar-refractivity contribution in [3.8, 4) is 57.0 Å². The molecule has 12 aromatic rings. The summed E-state index contributed by atoms with van der Waals surface area (Å²) in [6, 6.07) is 65.0. The summed E-state index contributed by atoms with van der Waals surface area (Å²) in [6.07, 6.45) is 0. The summed E-state index contributed by atoms with van der Waals surface area (Å²) in [7, 11) is 0. The first-order valence-corrected chi connectivity index (χ1v) is 20.1. The van der Waals surface area contributed by atoms with Crippen LogP contribution in [0.3, 0.4) is 0 Å². The van der Waals surface area contributed by atoms with Crippen molar-refractivity contribution < 1.29 is 4.42 Å². The molecule has 12 rings (SSSR count). The van der Waals surface area contributed by atoms with Gasteiger partial charge in [-0.3, -0.25) is 0 Å². The molecule has 0 atom stereocenters. The molecule has 0 aliphatic rings. The number of fused-ring (bicyclic) bond motifs is 8. The molecule has 7 heteroatoms. The maximum Gasteiger partial charge on any atom is 0.227 e. The monoisotopic (exact) mass is 770 g/mol. The largest absolute Gasteiger partial charge is 0.434 e. The minimum Gasteiger partial charge on any atom is -0.434 e. The van der Waals surface area contributed by atoms with Crippen LogP contribution in [0, 0.1) is 6.92 Å². The van der Waals surface area contributed by atoms with Crippen LogP contribution in [0.4, 0.5) is 0 Å². The molecule has 0 radical (unpaired) electrons. The standard InChI is InChI=1S/C53H34N6O/c1-33-32-37(28-29-38(33)52-56-50(34-16-5-2-6-17-34)55-51(57-52)35-18-7-3-8-19-35)58-44-25-13-11-22-39(44)41-30-31-42-40-23-12-14-26-45(40)59(48(42)47(41)58)46-27-15-24-43-49(46)60-53(54-43)36-20-9-4-10-21-36/h2-32H,1H3. The number of rotatable bonds is 6. The number of nitrogens with zero attached hydrogens (tertiary/aromatic N) is 6. The third-order valence-electron chi connectivity index (χ3n) is 11.5. The van der Waals surface area contributed by atoms with Gasteiger partial charge in [-0.2, -0.15) is 0 Å². The highest BCUT2D eigenvalue weighted by atomic mass is 16.3. The minimum atomic E-state index is 0.596. The molecule has 0 saturated carbocycles. The van der Waals surface area contributed by atoms with E-state index in [1.807, 2.05) is 97.1 Å². The van der Waals surface area contributed by atoms with Crippen molar-refractivity contribution in [3.05, 3.63) is 194 Å². The van der Waals surface area contributed by atoms with E-state index in [4.69, 9.17) is 24.4 Å². The summed E-state index contributed by atoms with van der Waals surface area (Å²) in [6.45, 7) is 2.14. The molecule has 0 bridgehead atoms. The number of hydrogen-bond donors (Lipinski definition) is 0.